The Morgan fingerprint density at radius 1 is 1.78 bits per heavy atom. The van der Waals surface area contributed by atoms with Crippen molar-refractivity contribution in [1.82, 2.24) is 5.32 Å². The molecule has 0 radical (unpaired) electrons. The van der Waals surface area contributed by atoms with Crippen LogP contribution in [0.15, 0.2) is 12.2 Å². The average molecular weight is 145 g/mol. The van der Waals surface area contributed by atoms with E-state index in [1.165, 1.54) is 0 Å². The lowest BCUT2D eigenvalue weighted by Crippen LogP contribution is -2.23. The van der Waals surface area contributed by atoms with Crippen LogP contribution in [0.2, 0.25) is 0 Å². The molecule has 52 valence electrons. The SMILES string of the molecule is C=C(CO)C(=S)NCC. The van der Waals surface area contributed by atoms with Crippen molar-refractivity contribution in [2.45, 2.75) is 6.92 Å². The second-order valence-corrected chi connectivity index (χ2v) is 2.03. The highest BCUT2D eigenvalue weighted by molar-refractivity contribution is 7.80. The van der Waals surface area contributed by atoms with Crippen LogP contribution in [0.25, 0.3) is 0 Å². The quantitative estimate of drug-likeness (QED) is 0.447. The highest BCUT2D eigenvalue weighted by atomic mass is 32.1. The maximum atomic E-state index is 8.50. The van der Waals surface area contributed by atoms with Gasteiger partial charge in [0, 0.05) is 12.1 Å². The molecule has 0 spiro atoms. The van der Waals surface area contributed by atoms with Crippen molar-refractivity contribution < 1.29 is 5.11 Å². The Labute approximate surface area is 60.6 Å². The number of rotatable bonds is 3. The predicted molar refractivity (Wildman–Crippen MR) is 42.5 cm³/mol. The van der Waals surface area contributed by atoms with Gasteiger partial charge in [-0.15, -0.1) is 0 Å². The number of aliphatic hydroxyl groups excluding tert-OH is 1. The van der Waals surface area contributed by atoms with E-state index in [1.807, 2.05) is 6.92 Å². The molecule has 0 aliphatic rings. The zero-order valence-electron chi connectivity index (χ0n) is 5.48. The first-order valence-electron chi connectivity index (χ1n) is 2.79. The van der Waals surface area contributed by atoms with Gasteiger partial charge in [-0.25, -0.2) is 0 Å². The smallest absolute Gasteiger partial charge is 0.104 e. The number of hydrogen-bond donors (Lipinski definition) is 2. The van der Waals surface area contributed by atoms with Gasteiger partial charge < -0.3 is 10.4 Å². The summed E-state index contributed by atoms with van der Waals surface area (Å²) < 4.78 is 0. The van der Waals surface area contributed by atoms with Gasteiger partial charge in [-0.05, 0) is 6.92 Å². The van der Waals surface area contributed by atoms with Crippen LogP contribution in [0.5, 0.6) is 0 Å². The van der Waals surface area contributed by atoms with Crippen LogP contribution < -0.4 is 5.32 Å². The Morgan fingerprint density at radius 3 is 2.67 bits per heavy atom. The second-order valence-electron chi connectivity index (χ2n) is 1.62. The molecular weight excluding hydrogens is 134 g/mol. The molecule has 2 nitrogen and oxygen atoms in total. The molecule has 0 aliphatic carbocycles. The van der Waals surface area contributed by atoms with E-state index in [2.05, 4.69) is 11.9 Å². The molecule has 0 fully saturated rings. The standard InChI is InChI=1S/C6H11NOS/c1-3-7-6(9)5(2)4-8/h8H,2-4H2,1H3,(H,7,9). The van der Waals surface area contributed by atoms with Crippen LogP contribution in [0.3, 0.4) is 0 Å². The number of aliphatic hydroxyl groups is 1. The van der Waals surface area contributed by atoms with Crippen LogP contribution >= 0.6 is 12.2 Å². The van der Waals surface area contributed by atoms with Crippen LogP contribution in [0, 0.1) is 0 Å². The summed E-state index contributed by atoms with van der Waals surface area (Å²) in [6.45, 7) is 6.19. The highest BCUT2D eigenvalue weighted by Gasteiger charge is 1.96. The third-order valence-corrected chi connectivity index (χ3v) is 1.28. The summed E-state index contributed by atoms with van der Waals surface area (Å²) in [6.07, 6.45) is 0. The molecule has 0 rings (SSSR count). The third kappa shape index (κ3) is 3.21. The third-order valence-electron chi connectivity index (χ3n) is 0.849. The maximum absolute atomic E-state index is 8.50. The Balaban J connectivity index is 3.60. The van der Waals surface area contributed by atoms with Gasteiger partial charge in [0.05, 0.1) is 6.61 Å². The number of thiocarbonyl (C=S) groups is 1. The Kier molecular flexibility index (Phi) is 4.26. The first-order chi connectivity index (χ1) is 4.22. The zero-order valence-corrected chi connectivity index (χ0v) is 6.29. The van der Waals surface area contributed by atoms with Gasteiger partial charge >= 0.3 is 0 Å². The summed E-state index contributed by atoms with van der Waals surface area (Å²) >= 11 is 4.80. The van der Waals surface area contributed by atoms with Crippen molar-refractivity contribution in [2.24, 2.45) is 0 Å². The molecule has 0 aliphatic heterocycles. The largest absolute Gasteiger partial charge is 0.392 e. The molecule has 0 aromatic rings. The molecule has 0 aromatic carbocycles. The fourth-order valence-electron chi connectivity index (χ4n) is 0.357. The van der Waals surface area contributed by atoms with Crippen molar-refractivity contribution in [3.63, 3.8) is 0 Å². The highest BCUT2D eigenvalue weighted by Crippen LogP contribution is 1.88. The monoisotopic (exact) mass is 145 g/mol. The first-order valence-corrected chi connectivity index (χ1v) is 3.20. The zero-order chi connectivity index (χ0) is 7.28. The van der Waals surface area contributed by atoms with Crippen molar-refractivity contribution in [3.05, 3.63) is 12.2 Å². The Morgan fingerprint density at radius 2 is 2.33 bits per heavy atom. The molecule has 3 heteroatoms. The number of likely N-dealkylation sites (N-methyl/N-ethyl adjacent to an activating group) is 1. The van der Waals surface area contributed by atoms with E-state index in [1.54, 1.807) is 0 Å². The predicted octanol–water partition coefficient (Wildman–Crippen LogP) is 0.472. The lowest BCUT2D eigenvalue weighted by Gasteiger charge is -2.03. The van der Waals surface area contributed by atoms with Crippen molar-refractivity contribution >= 4 is 17.2 Å². The minimum Gasteiger partial charge on any atom is -0.392 e. The Hall–Kier alpha value is -0.410. The van der Waals surface area contributed by atoms with E-state index in [9.17, 15) is 0 Å². The molecule has 0 aromatic heterocycles. The molecule has 2 N–H and O–H groups in total. The van der Waals surface area contributed by atoms with Gasteiger partial charge in [-0.3, -0.25) is 0 Å². The van der Waals surface area contributed by atoms with E-state index in [4.69, 9.17) is 17.3 Å². The summed E-state index contributed by atoms with van der Waals surface area (Å²) in [5.74, 6) is 0. The number of nitrogens with one attached hydrogen (secondary N) is 1. The van der Waals surface area contributed by atoms with Gasteiger partial charge in [0.2, 0.25) is 0 Å². The molecule has 0 amide bonds. The van der Waals surface area contributed by atoms with Gasteiger partial charge in [-0.1, -0.05) is 18.8 Å². The van der Waals surface area contributed by atoms with E-state index in [0.29, 0.717) is 10.6 Å². The van der Waals surface area contributed by atoms with Crippen molar-refractivity contribution in [1.29, 1.82) is 0 Å². The molecule has 0 atom stereocenters. The van der Waals surface area contributed by atoms with Crippen LogP contribution in [0.1, 0.15) is 6.92 Å². The topological polar surface area (TPSA) is 32.3 Å². The molecule has 0 saturated heterocycles. The number of hydrogen-bond acceptors (Lipinski definition) is 2. The van der Waals surface area contributed by atoms with Gasteiger partial charge in [-0.2, -0.15) is 0 Å². The average Bonchev–Trinajstić information content (AvgIpc) is 1.87. The minimum absolute atomic E-state index is 0.0637. The Bertz CT molecular complexity index is 122. The summed E-state index contributed by atoms with van der Waals surface area (Å²) in [6, 6.07) is 0. The second kappa shape index (κ2) is 4.47. The van der Waals surface area contributed by atoms with E-state index in [-0.39, 0.29) is 6.61 Å². The molecule has 0 saturated carbocycles. The van der Waals surface area contributed by atoms with Crippen molar-refractivity contribution in [3.8, 4) is 0 Å². The molecule has 0 heterocycles. The van der Waals surface area contributed by atoms with E-state index >= 15 is 0 Å². The molecule has 0 unspecified atom stereocenters. The van der Waals surface area contributed by atoms with Crippen molar-refractivity contribution in [2.75, 3.05) is 13.2 Å². The fourth-order valence-corrected chi connectivity index (χ4v) is 0.566. The summed E-state index contributed by atoms with van der Waals surface area (Å²) in [5.41, 5.74) is 0.576. The fraction of sp³-hybridized carbons (Fsp3) is 0.500. The molecule has 0 bridgehead atoms. The maximum Gasteiger partial charge on any atom is 0.104 e. The lowest BCUT2D eigenvalue weighted by atomic mass is 10.3. The summed E-state index contributed by atoms with van der Waals surface area (Å²) in [5, 5.41) is 11.4. The minimum atomic E-state index is -0.0637. The lowest BCUT2D eigenvalue weighted by molar-refractivity contribution is 0.337. The van der Waals surface area contributed by atoms with Crippen LogP contribution in [-0.2, 0) is 0 Å². The van der Waals surface area contributed by atoms with E-state index < -0.39 is 0 Å². The van der Waals surface area contributed by atoms with Gasteiger partial charge in [0.25, 0.3) is 0 Å². The first kappa shape index (κ1) is 8.59. The van der Waals surface area contributed by atoms with Gasteiger partial charge in [0.15, 0.2) is 0 Å². The van der Waals surface area contributed by atoms with E-state index in [0.717, 1.165) is 6.54 Å². The summed E-state index contributed by atoms with van der Waals surface area (Å²) in [4.78, 5) is 0.556. The summed E-state index contributed by atoms with van der Waals surface area (Å²) in [7, 11) is 0. The molecule has 9 heavy (non-hydrogen) atoms. The van der Waals surface area contributed by atoms with Crippen LogP contribution in [-0.4, -0.2) is 23.2 Å². The normalized spacial score (nSPS) is 8.67. The molecular formula is C6H11NOS. The van der Waals surface area contributed by atoms with Crippen LogP contribution in [0.4, 0.5) is 0 Å². The van der Waals surface area contributed by atoms with Gasteiger partial charge in [0.1, 0.15) is 4.99 Å².